The molecule has 1 aromatic carbocycles. The summed E-state index contributed by atoms with van der Waals surface area (Å²) < 4.78 is 6.42. The van der Waals surface area contributed by atoms with Gasteiger partial charge in [-0.3, -0.25) is 4.90 Å². The lowest BCUT2D eigenvalue weighted by Gasteiger charge is -2.30. The molecule has 0 aromatic heterocycles. The van der Waals surface area contributed by atoms with Gasteiger partial charge < -0.3 is 10.1 Å². The van der Waals surface area contributed by atoms with Crippen LogP contribution in [-0.4, -0.2) is 44.8 Å². The minimum Gasteiger partial charge on any atom is -0.383 e. The zero-order valence-electron chi connectivity index (χ0n) is 13.7. The molecule has 0 amide bonds. The summed E-state index contributed by atoms with van der Waals surface area (Å²) in [5.74, 6) is 0. The Morgan fingerprint density at radius 3 is 2.57 bits per heavy atom. The van der Waals surface area contributed by atoms with Crippen molar-refractivity contribution < 1.29 is 4.74 Å². The predicted octanol–water partition coefficient (Wildman–Crippen LogP) is 3.85. The largest absolute Gasteiger partial charge is 0.383 e. The number of hydrogen-bond donors (Lipinski definition) is 1. The van der Waals surface area contributed by atoms with Crippen molar-refractivity contribution in [2.75, 3.05) is 33.9 Å². The highest BCUT2D eigenvalue weighted by Gasteiger charge is 2.16. The van der Waals surface area contributed by atoms with Gasteiger partial charge in [0.25, 0.3) is 0 Å². The van der Waals surface area contributed by atoms with Crippen LogP contribution in [0.3, 0.4) is 0 Å². The van der Waals surface area contributed by atoms with Crippen LogP contribution in [0.25, 0.3) is 0 Å². The van der Waals surface area contributed by atoms with Crippen LogP contribution in [0, 0.1) is 0 Å². The molecule has 4 heteroatoms. The van der Waals surface area contributed by atoms with Crippen molar-refractivity contribution in [2.45, 2.75) is 38.8 Å². The first-order chi connectivity index (χ1) is 10.1. The highest BCUT2D eigenvalue weighted by atomic mass is 79.9. The average Bonchev–Trinajstić information content (AvgIpc) is 2.51. The average molecular weight is 357 g/mol. The number of halogens is 1. The van der Waals surface area contributed by atoms with Gasteiger partial charge in [-0.2, -0.15) is 0 Å². The normalized spacial score (nSPS) is 14.4. The van der Waals surface area contributed by atoms with E-state index >= 15 is 0 Å². The third-order valence-electron chi connectivity index (χ3n) is 4.13. The van der Waals surface area contributed by atoms with Gasteiger partial charge in [0.2, 0.25) is 0 Å². The minimum atomic E-state index is 0.370. The Morgan fingerprint density at radius 2 is 2.00 bits per heavy atom. The SMILES string of the molecule is CCC(C)N(CCOC)CCC(NC)c1ccccc1Br. The summed E-state index contributed by atoms with van der Waals surface area (Å²) in [6.07, 6.45) is 2.26. The highest BCUT2D eigenvalue weighted by Crippen LogP contribution is 2.25. The van der Waals surface area contributed by atoms with Gasteiger partial charge in [0.1, 0.15) is 0 Å². The fourth-order valence-electron chi connectivity index (χ4n) is 2.53. The van der Waals surface area contributed by atoms with Crippen LogP contribution in [0.2, 0.25) is 0 Å². The fourth-order valence-corrected chi connectivity index (χ4v) is 3.09. The highest BCUT2D eigenvalue weighted by molar-refractivity contribution is 9.10. The van der Waals surface area contributed by atoms with Crippen molar-refractivity contribution in [3.8, 4) is 0 Å². The van der Waals surface area contributed by atoms with E-state index in [1.165, 1.54) is 16.5 Å². The van der Waals surface area contributed by atoms with Gasteiger partial charge >= 0.3 is 0 Å². The topological polar surface area (TPSA) is 24.5 Å². The molecule has 0 aliphatic heterocycles. The Bertz CT molecular complexity index is 400. The third kappa shape index (κ3) is 6.07. The molecule has 120 valence electrons. The maximum absolute atomic E-state index is 5.24. The number of nitrogens with zero attached hydrogens (tertiary/aromatic N) is 1. The standard InChI is InChI=1S/C17H29BrN2O/c1-5-14(2)20(12-13-21-4)11-10-17(19-3)15-8-6-7-9-16(15)18/h6-9,14,17,19H,5,10-13H2,1-4H3. The molecule has 21 heavy (non-hydrogen) atoms. The van der Waals surface area contributed by atoms with Crippen LogP contribution in [-0.2, 0) is 4.74 Å². The first-order valence-corrected chi connectivity index (χ1v) is 8.58. The van der Waals surface area contributed by atoms with E-state index in [4.69, 9.17) is 4.74 Å². The molecular formula is C17H29BrN2O. The quantitative estimate of drug-likeness (QED) is 0.689. The van der Waals surface area contributed by atoms with E-state index in [0.717, 1.165) is 26.1 Å². The van der Waals surface area contributed by atoms with Gasteiger partial charge in [0.05, 0.1) is 6.61 Å². The summed E-state index contributed by atoms with van der Waals surface area (Å²) in [6, 6.07) is 9.42. The lowest BCUT2D eigenvalue weighted by Crippen LogP contribution is -2.37. The Kier molecular flexibility index (Phi) is 9.16. The van der Waals surface area contributed by atoms with E-state index in [1.807, 2.05) is 7.05 Å². The van der Waals surface area contributed by atoms with E-state index in [0.29, 0.717) is 12.1 Å². The third-order valence-corrected chi connectivity index (χ3v) is 4.85. The molecule has 0 aliphatic carbocycles. The minimum absolute atomic E-state index is 0.370. The molecule has 0 fully saturated rings. The lowest BCUT2D eigenvalue weighted by molar-refractivity contribution is 0.119. The fraction of sp³-hybridized carbons (Fsp3) is 0.647. The summed E-state index contributed by atoms with van der Waals surface area (Å²) >= 11 is 3.66. The Balaban J connectivity index is 2.65. The van der Waals surface area contributed by atoms with Gasteiger partial charge in [-0.15, -0.1) is 0 Å². The molecule has 0 radical (unpaired) electrons. The molecule has 1 aromatic rings. The zero-order chi connectivity index (χ0) is 15.7. The van der Waals surface area contributed by atoms with Crippen LogP contribution in [0.15, 0.2) is 28.7 Å². The van der Waals surface area contributed by atoms with E-state index in [2.05, 4.69) is 64.3 Å². The molecule has 3 nitrogen and oxygen atoms in total. The van der Waals surface area contributed by atoms with Crippen molar-refractivity contribution in [3.05, 3.63) is 34.3 Å². The van der Waals surface area contributed by atoms with E-state index in [-0.39, 0.29) is 0 Å². The maximum Gasteiger partial charge on any atom is 0.0589 e. The van der Waals surface area contributed by atoms with Crippen molar-refractivity contribution in [1.82, 2.24) is 10.2 Å². The number of benzene rings is 1. The molecule has 0 heterocycles. The van der Waals surface area contributed by atoms with Crippen molar-refractivity contribution in [2.24, 2.45) is 0 Å². The van der Waals surface area contributed by atoms with Crippen LogP contribution in [0.5, 0.6) is 0 Å². The number of rotatable bonds is 10. The van der Waals surface area contributed by atoms with Gasteiger partial charge in [-0.05, 0) is 38.4 Å². The van der Waals surface area contributed by atoms with Gasteiger partial charge in [-0.1, -0.05) is 41.1 Å². The molecule has 1 rings (SSSR count). The Morgan fingerprint density at radius 1 is 1.29 bits per heavy atom. The number of ether oxygens (including phenoxy) is 1. The summed E-state index contributed by atoms with van der Waals surface area (Å²) in [6.45, 7) is 7.41. The molecule has 2 atom stereocenters. The monoisotopic (exact) mass is 356 g/mol. The second kappa shape index (κ2) is 10.3. The smallest absolute Gasteiger partial charge is 0.0589 e. The van der Waals surface area contributed by atoms with Crippen molar-refractivity contribution in [1.29, 1.82) is 0 Å². The van der Waals surface area contributed by atoms with Crippen molar-refractivity contribution in [3.63, 3.8) is 0 Å². The van der Waals surface area contributed by atoms with E-state index < -0.39 is 0 Å². The summed E-state index contributed by atoms with van der Waals surface area (Å²) in [7, 11) is 3.80. The molecule has 0 bridgehead atoms. The van der Waals surface area contributed by atoms with Crippen LogP contribution in [0.4, 0.5) is 0 Å². The second-order valence-electron chi connectivity index (χ2n) is 5.44. The predicted molar refractivity (Wildman–Crippen MR) is 93.8 cm³/mol. The zero-order valence-corrected chi connectivity index (χ0v) is 15.3. The first-order valence-electron chi connectivity index (χ1n) is 7.78. The summed E-state index contributed by atoms with van der Waals surface area (Å²) in [5, 5.41) is 3.44. The molecule has 0 spiro atoms. The molecular weight excluding hydrogens is 328 g/mol. The van der Waals surface area contributed by atoms with Gasteiger partial charge in [0.15, 0.2) is 0 Å². The molecule has 0 saturated carbocycles. The van der Waals surface area contributed by atoms with Crippen LogP contribution >= 0.6 is 15.9 Å². The van der Waals surface area contributed by atoms with Crippen molar-refractivity contribution >= 4 is 15.9 Å². The second-order valence-corrected chi connectivity index (χ2v) is 6.29. The number of methoxy groups -OCH3 is 1. The summed E-state index contributed by atoms with van der Waals surface area (Å²) in [4.78, 5) is 2.52. The summed E-state index contributed by atoms with van der Waals surface area (Å²) in [5.41, 5.74) is 1.33. The molecule has 2 unspecified atom stereocenters. The molecule has 0 aliphatic rings. The van der Waals surface area contributed by atoms with Gasteiger partial charge in [-0.25, -0.2) is 0 Å². The Hall–Kier alpha value is -0.420. The number of hydrogen-bond acceptors (Lipinski definition) is 3. The molecule has 1 N–H and O–H groups in total. The first kappa shape index (κ1) is 18.6. The Labute approximate surface area is 138 Å². The van der Waals surface area contributed by atoms with E-state index in [1.54, 1.807) is 7.11 Å². The van der Waals surface area contributed by atoms with Crippen LogP contribution in [0.1, 0.15) is 38.3 Å². The lowest BCUT2D eigenvalue weighted by atomic mass is 10.0. The molecule has 0 saturated heterocycles. The number of nitrogens with one attached hydrogen (secondary N) is 1. The van der Waals surface area contributed by atoms with E-state index in [9.17, 15) is 0 Å². The van der Waals surface area contributed by atoms with Crippen LogP contribution < -0.4 is 5.32 Å². The van der Waals surface area contributed by atoms with Gasteiger partial charge in [0, 0.05) is 36.8 Å². The maximum atomic E-state index is 5.24.